The Morgan fingerprint density at radius 1 is 1.17 bits per heavy atom. The van der Waals surface area contributed by atoms with Crippen LogP contribution in [0.1, 0.15) is 28.4 Å². The molecule has 24 heavy (non-hydrogen) atoms. The van der Waals surface area contributed by atoms with Gasteiger partial charge in [-0.1, -0.05) is 29.8 Å². The second-order valence-corrected chi connectivity index (χ2v) is 5.59. The fraction of sp³-hybridized carbons (Fsp3) is 0.222. The second kappa shape index (κ2) is 7.93. The fourth-order valence-electron chi connectivity index (χ4n) is 2.14. The SMILES string of the molecule is CCOC(=O)Cc1ccc(NC(=O)c2c(Cl)ccc(C)c2F)cc1. The van der Waals surface area contributed by atoms with Crippen LogP contribution in [-0.2, 0) is 16.0 Å². The van der Waals surface area contributed by atoms with Crippen molar-refractivity contribution in [3.63, 3.8) is 0 Å². The van der Waals surface area contributed by atoms with E-state index in [9.17, 15) is 14.0 Å². The van der Waals surface area contributed by atoms with Gasteiger partial charge in [0.05, 0.1) is 23.6 Å². The zero-order chi connectivity index (χ0) is 17.7. The molecule has 2 rings (SSSR count). The summed E-state index contributed by atoms with van der Waals surface area (Å²) in [6.07, 6.45) is 0.153. The Morgan fingerprint density at radius 2 is 1.83 bits per heavy atom. The van der Waals surface area contributed by atoms with Crippen LogP contribution in [0.5, 0.6) is 0 Å². The summed E-state index contributed by atoms with van der Waals surface area (Å²) < 4.78 is 19.0. The van der Waals surface area contributed by atoms with E-state index in [1.165, 1.54) is 12.1 Å². The molecule has 0 aliphatic rings. The molecule has 2 aromatic carbocycles. The molecule has 6 heteroatoms. The van der Waals surface area contributed by atoms with Crippen LogP contribution < -0.4 is 5.32 Å². The topological polar surface area (TPSA) is 55.4 Å². The molecule has 0 radical (unpaired) electrons. The van der Waals surface area contributed by atoms with Gasteiger partial charge in [-0.15, -0.1) is 0 Å². The minimum absolute atomic E-state index is 0.0505. The van der Waals surface area contributed by atoms with Crippen molar-refractivity contribution in [2.24, 2.45) is 0 Å². The highest BCUT2D eigenvalue weighted by molar-refractivity contribution is 6.34. The lowest BCUT2D eigenvalue weighted by atomic mass is 10.1. The van der Waals surface area contributed by atoms with E-state index >= 15 is 0 Å². The van der Waals surface area contributed by atoms with Crippen molar-refractivity contribution >= 4 is 29.2 Å². The average Bonchev–Trinajstić information content (AvgIpc) is 2.53. The second-order valence-electron chi connectivity index (χ2n) is 5.19. The molecule has 1 N–H and O–H groups in total. The third-order valence-electron chi connectivity index (χ3n) is 3.38. The molecule has 0 aliphatic carbocycles. The van der Waals surface area contributed by atoms with Gasteiger partial charge < -0.3 is 10.1 Å². The van der Waals surface area contributed by atoms with Gasteiger partial charge in [0, 0.05) is 5.69 Å². The normalized spacial score (nSPS) is 10.3. The number of amides is 1. The Labute approximate surface area is 144 Å². The minimum atomic E-state index is -0.640. The predicted molar refractivity (Wildman–Crippen MR) is 90.9 cm³/mol. The van der Waals surface area contributed by atoms with Gasteiger partial charge in [-0.3, -0.25) is 9.59 Å². The molecule has 0 fully saturated rings. The van der Waals surface area contributed by atoms with Crippen LogP contribution in [0.15, 0.2) is 36.4 Å². The molecular formula is C18H17ClFNO3. The maximum absolute atomic E-state index is 14.1. The van der Waals surface area contributed by atoms with Crippen molar-refractivity contribution in [3.8, 4) is 0 Å². The van der Waals surface area contributed by atoms with Crippen LogP contribution in [0.25, 0.3) is 0 Å². The van der Waals surface area contributed by atoms with Gasteiger partial charge in [0.2, 0.25) is 0 Å². The van der Waals surface area contributed by atoms with Gasteiger partial charge in [0.15, 0.2) is 0 Å². The molecule has 0 saturated carbocycles. The Balaban J connectivity index is 2.10. The highest BCUT2D eigenvalue weighted by Gasteiger charge is 2.18. The first kappa shape index (κ1) is 17.9. The standard InChI is InChI=1S/C18H17ClFNO3/c1-3-24-15(22)10-12-5-7-13(8-6-12)21-18(23)16-14(19)9-4-11(2)17(16)20/h4-9H,3,10H2,1-2H3,(H,21,23). The lowest BCUT2D eigenvalue weighted by molar-refractivity contribution is -0.142. The number of nitrogens with one attached hydrogen (secondary N) is 1. The molecule has 0 spiro atoms. The molecule has 0 unspecified atom stereocenters. The van der Waals surface area contributed by atoms with Gasteiger partial charge in [-0.05, 0) is 43.2 Å². The van der Waals surface area contributed by atoms with Crippen molar-refractivity contribution < 1.29 is 18.7 Å². The highest BCUT2D eigenvalue weighted by atomic mass is 35.5. The summed E-state index contributed by atoms with van der Waals surface area (Å²) in [5.74, 6) is -1.58. The van der Waals surface area contributed by atoms with E-state index in [0.29, 0.717) is 17.9 Å². The number of carbonyl (C=O) groups is 2. The number of ether oxygens (including phenoxy) is 1. The molecule has 0 aliphatic heterocycles. The molecule has 1 amide bonds. The van der Waals surface area contributed by atoms with Crippen LogP contribution in [0, 0.1) is 12.7 Å². The van der Waals surface area contributed by atoms with Crippen LogP contribution in [-0.4, -0.2) is 18.5 Å². The first-order valence-electron chi connectivity index (χ1n) is 7.43. The van der Waals surface area contributed by atoms with Crippen molar-refractivity contribution in [3.05, 3.63) is 63.9 Å². The number of carbonyl (C=O) groups excluding carboxylic acids is 2. The first-order chi connectivity index (χ1) is 11.4. The lowest BCUT2D eigenvalue weighted by Crippen LogP contribution is -2.15. The molecule has 0 atom stereocenters. The number of rotatable bonds is 5. The van der Waals surface area contributed by atoms with Gasteiger partial charge >= 0.3 is 5.97 Å². The molecule has 0 heterocycles. The maximum Gasteiger partial charge on any atom is 0.310 e. The molecule has 2 aromatic rings. The summed E-state index contributed by atoms with van der Waals surface area (Å²) in [6, 6.07) is 9.65. The summed E-state index contributed by atoms with van der Waals surface area (Å²) in [7, 11) is 0. The van der Waals surface area contributed by atoms with Gasteiger partial charge in [-0.25, -0.2) is 4.39 Å². The zero-order valence-electron chi connectivity index (χ0n) is 13.4. The van der Waals surface area contributed by atoms with Crippen molar-refractivity contribution in [2.75, 3.05) is 11.9 Å². The average molecular weight is 350 g/mol. The maximum atomic E-state index is 14.1. The van der Waals surface area contributed by atoms with E-state index in [2.05, 4.69) is 5.32 Å². The Bertz CT molecular complexity index is 760. The third kappa shape index (κ3) is 4.32. The van der Waals surface area contributed by atoms with E-state index in [-0.39, 0.29) is 23.0 Å². The fourth-order valence-corrected chi connectivity index (χ4v) is 2.37. The first-order valence-corrected chi connectivity index (χ1v) is 7.80. The van der Waals surface area contributed by atoms with Crippen molar-refractivity contribution in [2.45, 2.75) is 20.3 Å². The molecule has 0 aromatic heterocycles. The number of anilines is 1. The zero-order valence-corrected chi connectivity index (χ0v) is 14.1. The minimum Gasteiger partial charge on any atom is -0.466 e. The van der Waals surface area contributed by atoms with Crippen LogP contribution in [0.3, 0.4) is 0 Å². The van der Waals surface area contributed by atoms with E-state index in [1.54, 1.807) is 38.1 Å². The Kier molecular flexibility index (Phi) is 5.93. The number of halogens is 2. The number of aryl methyl sites for hydroxylation is 1. The van der Waals surface area contributed by atoms with Crippen molar-refractivity contribution in [1.82, 2.24) is 0 Å². The smallest absolute Gasteiger partial charge is 0.310 e. The van der Waals surface area contributed by atoms with Gasteiger partial charge in [-0.2, -0.15) is 0 Å². The van der Waals surface area contributed by atoms with Crippen LogP contribution in [0.4, 0.5) is 10.1 Å². The summed E-state index contributed by atoms with van der Waals surface area (Å²) >= 11 is 5.92. The Morgan fingerprint density at radius 3 is 2.46 bits per heavy atom. The number of benzene rings is 2. The third-order valence-corrected chi connectivity index (χ3v) is 3.69. The molecule has 0 saturated heterocycles. The van der Waals surface area contributed by atoms with Gasteiger partial charge in [0.1, 0.15) is 5.82 Å². The van der Waals surface area contributed by atoms with Gasteiger partial charge in [0.25, 0.3) is 5.91 Å². The van der Waals surface area contributed by atoms with E-state index in [4.69, 9.17) is 16.3 Å². The van der Waals surface area contributed by atoms with Crippen LogP contribution >= 0.6 is 11.6 Å². The summed E-state index contributed by atoms with van der Waals surface area (Å²) in [5.41, 5.74) is 1.39. The number of hydrogen-bond acceptors (Lipinski definition) is 3. The lowest BCUT2D eigenvalue weighted by Gasteiger charge is -2.10. The van der Waals surface area contributed by atoms with Crippen LogP contribution in [0.2, 0.25) is 5.02 Å². The monoisotopic (exact) mass is 349 g/mol. The Hall–Kier alpha value is -2.40. The molecule has 0 bridgehead atoms. The summed E-state index contributed by atoms with van der Waals surface area (Å²) in [5, 5.41) is 2.64. The molecular weight excluding hydrogens is 333 g/mol. The van der Waals surface area contributed by atoms with Crippen molar-refractivity contribution in [1.29, 1.82) is 0 Å². The summed E-state index contributed by atoms with van der Waals surface area (Å²) in [6.45, 7) is 3.63. The quantitative estimate of drug-likeness (QED) is 0.825. The van der Waals surface area contributed by atoms with E-state index in [1.807, 2.05) is 0 Å². The largest absolute Gasteiger partial charge is 0.466 e. The predicted octanol–water partition coefficient (Wildman–Crippen LogP) is 4.15. The van der Waals surface area contributed by atoms with E-state index in [0.717, 1.165) is 5.56 Å². The molecule has 4 nitrogen and oxygen atoms in total. The number of hydrogen-bond donors (Lipinski definition) is 1. The number of esters is 1. The summed E-state index contributed by atoms with van der Waals surface area (Å²) in [4.78, 5) is 23.7. The highest BCUT2D eigenvalue weighted by Crippen LogP contribution is 2.23. The molecule has 126 valence electrons. The van der Waals surface area contributed by atoms with E-state index < -0.39 is 11.7 Å².